The minimum Gasteiger partial charge on any atom is -0.465 e. The molecule has 1 saturated heterocycles. The van der Waals surface area contributed by atoms with Crippen LogP contribution in [-0.4, -0.2) is 42.4 Å². The van der Waals surface area contributed by atoms with Gasteiger partial charge in [-0.1, -0.05) is 0 Å². The predicted molar refractivity (Wildman–Crippen MR) is 78.9 cm³/mol. The lowest BCUT2D eigenvalue weighted by Crippen LogP contribution is -2.51. The number of carbonyl (C=O) groups excluding carboxylic acids is 3. The summed E-state index contributed by atoms with van der Waals surface area (Å²) in [7, 11) is 1.30. The number of thioether (sulfide) groups is 1. The van der Waals surface area contributed by atoms with E-state index in [2.05, 4.69) is 10.5 Å². The van der Waals surface area contributed by atoms with Crippen LogP contribution < -0.4 is 10.6 Å². The average molecular weight is 309 g/mol. The van der Waals surface area contributed by atoms with Gasteiger partial charge in [-0.2, -0.15) is 0 Å². The van der Waals surface area contributed by atoms with Crippen molar-refractivity contribution in [2.45, 2.75) is 11.7 Å². The second-order valence-electron chi connectivity index (χ2n) is 4.52. The Labute approximate surface area is 126 Å². The van der Waals surface area contributed by atoms with Gasteiger partial charge in [0.15, 0.2) is 0 Å². The van der Waals surface area contributed by atoms with E-state index in [4.69, 9.17) is 0 Å². The zero-order valence-electron chi connectivity index (χ0n) is 11.7. The van der Waals surface area contributed by atoms with E-state index in [9.17, 15) is 14.4 Å². The third kappa shape index (κ3) is 3.25. The van der Waals surface area contributed by atoms with Crippen molar-refractivity contribution in [2.24, 2.45) is 0 Å². The van der Waals surface area contributed by atoms with E-state index in [1.165, 1.54) is 35.9 Å². The molecular weight excluding hydrogens is 292 g/mol. The normalized spacial score (nSPS) is 18.2. The smallest absolute Gasteiger partial charge is 0.337 e. The molecule has 1 heterocycles. The maximum atomic E-state index is 12.3. The van der Waals surface area contributed by atoms with E-state index in [1.54, 1.807) is 12.1 Å². The van der Waals surface area contributed by atoms with Gasteiger partial charge in [0.2, 0.25) is 11.8 Å². The van der Waals surface area contributed by atoms with Gasteiger partial charge < -0.3 is 10.5 Å². The highest BCUT2D eigenvalue weighted by Crippen LogP contribution is 2.29. The quantitative estimate of drug-likeness (QED) is 0.614. The molecule has 1 fully saturated rings. The molecule has 0 radical (unpaired) electrons. The van der Waals surface area contributed by atoms with Gasteiger partial charge in [-0.3, -0.25) is 9.59 Å². The van der Waals surface area contributed by atoms with Crippen LogP contribution in [0.2, 0.25) is 0 Å². The lowest BCUT2D eigenvalue weighted by atomic mass is 10.2. The summed E-state index contributed by atoms with van der Waals surface area (Å²) in [6.07, 6.45) is 0.211. The molecule has 0 bridgehead atoms. The number of hydrogen-bond donors (Lipinski definition) is 1. The summed E-state index contributed by atoms with van der Waals surface area (Å²) in [5.41, 5.74) is 4.59. The van der Waals surface area contributed by atoms with Crippen LogP contribution in [0, 0.1) is 0 Å². The van der Waals surface area contributed by atoms with Gasteiger partial charge in [-0.05, 0) is 24.3 Å². The number of esters is 1. The Morgan fingerprint density at radius 1 is 1.38 bits per heavy atom. The SMILES string of the molecule is COC(=O)c1ccc(N2C(=O)C[C@@H](SCC[NH3+])C2=O)cc1. The maximum absolute atomic E-state index is 12.3. The van der Waals surface area contributed by atoms with E-state index in [0.717, 1.165) is 12.3 Å². The fourth-order valence-corrected chi connectivity index (χ4v) is 3.06. The van der Waals surface area contributed by atoms with Gasteiger partial charge in [0, 0.05) is 12.2 Å². The topological polar surface area (TPSA) is 91.3 Å². The number of hydrogen-bond acceptors (Lipinski definition) is 5. The molecule has 0 saturated carbocycles. The Balaban J connectivity index is 2.16. The Kier molecular flexibility index (Phi) is 4.98. The largest absolute Gasteiger partial charge is 0.465 e. The van der Waals surface area contributed by atoms with Crippen LogP contribution in [-0.2, 0) is 14.3 Å². The molecule has 1 aliphatic rings. The molecule has 2 amide bonds. The van der Waals surface area contributed by atoms with Crippen molar-refractivity contribution in [3.8, 4) is 0 Å². The predicted octanol–water partition coefficient (Wildman–Crippen LogP) is 0.0802. The Morgan fingerprint density at radius 3 is 2.62 bits per heavy atom. The first kappa shape index (κ1) is 15.5. The number of rotatable bonds is 5. The van der Waals surface area contributed by atoms with Crippen molar-refractivity contribution in [1.82, 2.24) is 0 Å². The number of carbonyl (C=O) groups is 3. The van der Waals surface area contributed by atoms with Crippen LogP contribution in [0.5, 0.6) is 0 Å². The minimum absolute atomic E-state index is 0.204. The molecule has 0 aromatic heterocycles. The van der Waals surface area contributed by atoms with Crippen molar-refractivity contribution < 1.29 is 24.9 Å². The van der Waals surface area contributed by atoms with Crippen molar-refractivity contribution in [3.63, 3.8) is 0 Å². The average Bonchev–Trinajstić information content (AvgIpc) is 2.79. The number of amides is 2. The summed E-state index contributed by atoms with van der Waals surface area (Å²) in [5, 5.41) is -0.334. The number of anilines is 1. The van der Waals surface area contributed by atoms with Crippen LogP contribution in [0.25, 0.3) is 0 Å². The van der Waals surface area contributed by atoms with Crippen molar-refractivity contribution in [2.75, 3.05) is 24.3 Å². The molecule has 1 aromatic carbocycles. The summed E-state index contributed by atoms with van der Waals surface area (Å²) in [4.78, 5) is 36.8. The molecule has 112 valence electrons. The number of quaternary nitrogens is 1. The molecule has 1 aliphatic heterocycles. The fourth-order valence-electron chi connectivity index (χ4n) is 2.10. The highest BCUT2D eigenvalue weighted by molar-refractivity contribution is 8.00. The van der Waals surface area contributed by atoms with E-state index in [0.29, 0.717) is 11.3 Å². The first-order chi connectivity index (χ1) is 10.1. The summed E-state index contributed by atoms with van der Waals surface area (Å²) < 4.78 is 4.61. The minimum atomic E-state index is -0.454. The van der Waals surface area contributed by atoms with Crippen molar-refractivity contribution >= 4 is 35.2 Å². The van der Waals surface area contributed by atoms with E-state index >= 15 is 0 Å². The van der Waals surface area contributed by atoms with E-state index < -0.39 is 5.97 Å². The molecule has 0 spiro atoms. The Morgan fingerprint density at radius 2 is 2.05 bits per heavy atom. The van der Waals surface area contributed by atoms with Gasteiger partial charge in [0.25, 0.3) is 0 Å². The zero-order valence-corrected chi connectivity index (χ0v) is 12.5. The van der Waals surface area contributed by atoms with E-state index in [-0.39, 0.29) is 23.5 Å². The van der Waals surface area contributed by atoms with Crippen molar-refractivity contribution in [3.05, 3.63) is 29.8 Å². The highest BCUT2D eigenvalue weighted by Gasteiger charge is 2.39. The molecule has 1 aromatic rings. The lowest BCUT2D eigenvalue weighted by Gasteiger charge is -2.15. The first-order valence-electron chi connectivity index (χ1n) is 6.54. The summed E-state index contributed by atoms with van der Waals surface area (Å²) >= 11 is 1.46. The van der Waals surface area contributed by atoms with Crippen LogP contribution in [0.1, 0.15) is 16.8 Å². The van der Waals surface area contributed by atoms with Crippen LogP contribution >= 0.6 is 11.8 Å². The van der Waals surface area contributed by atoms with Gasteiger partial charge in [0.05, 0.1) is 30.2 Å². The highest BCUT2D eigenvalue weighted by atomic mass is 32.2. The number of methoxy groups -OCH3 is 1. The lowest BCUT2D eigenvalue weighted by molar-refractivity contribution is -0.360. The van der Waals surface area contributed by atoms with Crippen LogP contribution in [0.3, 0.4) is 0 Å². The summed E-state index contributed by atoms with van der Waals surface area (Å²) in [6.45, 7) is 0.719. The van der Waals surface area contributed by atoms with Gasteiger partial charge in [-0.15, -0.1) is 11.8 Å². The number of nitrogens with zero attached hydrogens (tertiary/aromatic N) is 1. The van der Waals surface area contributed by atoms with Crippen molar-refractivity contribution in [1.29, 1.82) is 0 Å². The van der Waals surface area contributed by atoms with Crippen LogP contribution in [0.15, 0.2) is 24.3 Å². The molecule has 1 atom stereocenters. The summed E-state index contributed by atoms with van der Waals surface area (Å²) in [6, 6.07) is 6.24. The standard InChI is InChI=1S/C14H16N2O4S/c1-20-14(19)9-2-4-10(5-3-9)16-12(17)8-11(13(16)18)21-7-6-15/h2-5,11H,6-8,15H2,1H3/p+1/t11-/m1/s1. The second kappa shape index (κ2) is 6.73. The molecule has 21 heavy (non-hydrogen) atoms. The third-order valence-corrected chi connectivity index (χ3v) is 4.41. The maximum Gasteiger partial charge on any atom is 0.337 e. The second-order valence-corrected chi connectivity index (χ2v) is 5.83. The van der Waals surface area contributed by atoms with Crippen LogP contribution in [0.4, 0.5) is 5.69 Å². The zero-order chi connectivity index (χ0) is 15.4. The molecular formula is C14H17N2O4S+. The number of ether oxygens (including phenoxy) is 1. The number of imide groups is 1. The summed E-state index contributed by atoms with van der Waals surface area (Å²) in [5.74, 6) is -0.125. The molecule has 2 rings (SSSR count). The van der Waals surface area contributed by atoms with E-state index in [1.807, 2.05) is 0 Å². The Bertz CT molecular complexity index is 559. The molecule has 3 N–H and O–H groups in total. The van der Waals surface area contributed by atoms with Gasteiger partial charge >= 0.3 is 5.97 Å². The van der Waals surface area contributed by atoms with Gasteiger partial charge in [0.1, 0.15) is 0 Å². The Hall–Kier alpha value is -1.86. The van der Waals surface area contributed by atoms with Gasteiger partial charge in [-0.25, -0.2) is 9.69 Å². The number of benzene rings is 1. The molecule has 0 unspecified atom stereocenters. The molecule has 7 heteroatoms. The fraction of sp³-hybridized carbons (Fsp3) is 0.357. The monoisotopic (exact) mass is 309 g/mol. The third-order valence-electron chi connectivity index (χ3n) is 3.12. The molecule has 0 aliphatic carbocycles. The first-order valence-corrected chi connectivity index (χ1v) is 7.59. The molecule has 6 nitrogen and oxygen atoms in total.